The second-order valence-electron chi connectivity index (χ2n) is 6.89. The first-order valence-corrected chi connectivity index (χ1v) is 9.36. The number of ether oxygens (including phenoxy) is 1. The summed E-state index contributed by atoms with van der Waals surface area (Å²) in [5.41, 5.74) is 2.07. The topological polar surface area (TPSA) is 91.8 Å². The van der Waals surface area contributed by atoms with E-state index in [-0.39, 0.29) is 23.4 Å². The maximum Gasteiger partial charge on any atom is 0.272 e. The molecular weight excluding hydrogens is 372 g/mol. The van der Waals surface area contributed by atoms with Gasteiger partial charge in [0, 0.05) is 44.9 Å². The fourth-order valence-corrected chi connectivity index (χ4v) is 3.19. The second kappa shape index (κ2) is 8.72. The van der Waals surface area contributed by atoms with Crippen LogP contribution in [0, 0.1) is 6.92 Å². The number of nitrogens with one attached hydrogen (secondary N) is 1. The van der Waals surface area contributed by atoms with Gasteiger partial charge in [-0.2, -0.15) is 0 Å². The first-order chi connectivity index (χ1) is 13.9. The summed E-state index contributed by atoms with van der Waals surface area (Å²) in [5, 5.41) is 2.82. The Bertz CT molecular complexity index is 936. The fraction of sp³-hybridized carbons (Fsp3) is 0.333. The quantitative estimate of drug-likeness (QED) is 0.853. The van der Waals surface area contributed by atoms with Crippen molar-refractivity contribution in [2.75, 3.05) is 38.6 Å². The van der Waals surface area contributed by atoms with E-state index in [1.54, 1.807) is 21.9 Å². The molecule has 1 aliphatic heterocycles. The van der Waals surface area contributed by atoms with Crippen molar-refractivity contribution in [3.8, 4) is 5.75 Å². The number of amides is 3. The lowest BCUT2D eigenvalue weighted by Gasteiger charge is -2.34. The van der Waals surface area contributed by atoms with Crippen molar-refractivity contribution in [2.45, 2.75) is 13.8 Å². The number of hydrogen-bond donors (Lipinski definition) is 1. The van der Waals surface area contributed by atoms with Gasteiger partial charge in [-0.1, -0.05) is 6.07 Å². The molecule has 1 N–H and O–H groups in total. The third-order valence-corrected chi connectivity index (χ3v) is 4.86. The molecule has 1 aromatic heterocycles. The van der Waals surface area contributed by atoms with Crippen molar-refractivity contribution >= 4 is 23.4 Å². The highest BCUT2D eigenvalue weighted by Crippen LogP contribution is 2.25. The van der Waals surface area contributed by atoms with Gasteiger partial charge < -0.3 is 19.9 Å². The van der Waals surface area contributed by atoms with Crippen molar-refractivity contribution in [1.82, 2.24) is 14.8 Å². The molecule has 1 aliphatic rings. The largest absolute Gasteiger partial charge is 0.495 e. The van der Waals surface area contributed by atoms with Crippen LogP contribution in [0.4, 0.5) is 5.69 Å². The number of carbonyl (C=O) groups excluding carboxylic acids is 3. The van der Waals surface area contributed by atoms with E-state index < -0.39 is 0 Å². The summed E-state index contributed by atoms with van der Waals surface area (Å²) in [4.78, 5) is 44.4. The Balaban J connectivity index is 1.72. The lowest BCUT2D eigenvalue weighted by Crippen LogP contribution is -2.50. The summed E-state index contributed by atoms with van der Waals surface area (Å²) in [6.45, 7) is 5.31. The molecule has 1 fully saturated rings. The Kier molecular flexibility index (Phi) is 6.11. The number of pyridine rings is 1. The zero-order chi connectivity index (χ0) is 21.0. The van der Waals surface area contributed by atoms with Crippen molar-refractivity contribution in [3.63, 3.8) is 0 Å². The molecule has 0 radical (unpaired) electrons. The van der Waals surface area contributed by atoms with Crippen LogP contribution in [0.15, 0.2) is 36.5 Å². The normalized spacial score (nSPS) is 13.8. The molecule has 3 rings (SSSR count). The molecule has 0 atom stereocenters. The minimum atomic E-state index is -0.355. The molecule has 8 heteroatoms. The molecule has 0 saturated carbocycles. The van der Waals surface area contributed by atoms with Gasteiger partial charge in [-0.25, -0.2) is 0 Å². The summed E-state index contributed by atoms with van der Waals surface area (Å²) >= 11 is 0. The number of hydrogen-bond acceptors (Lipinski definition) is 5. The van der Waals surface area contributed by atoms with E-state index in [0.717, 1.165) is 5.56 Å². The van der Waals surface area contributed by atoms with Crippen LogP contribution in [0.5, 0.6) is 5.75 Å². The van der Waals surface area contributed by atoms with Crippen LogP contribution in [0.25, 0.3) is 0 Å². The zero-order valence-corrected chi connectivity index (χ0v) is 16.8. The molecule has 0 spiro atoms. The summed E-state index contributed by atoms with van der Waals surface area (Å²) < 4.78 is 5.29. The SMILES string of the molecule is COc1ccc(C)cc1NC(=O)c1ccnc(C(=O)N2CCN(C(C)=O)CC2)c1. The zero-order valence-electron chi connectivity index (χ0n) is 16.8. The molecule has 1 saturated heterocycles. The summed E-state index contributed by atoms with van der Waals surface area (Å²) in [6, 6.07) is 8.54. The summed E-state index contributed by atoms with van der Waals surface area (Å²) in [7, 11) is 1.54. The fourth-order valence-electron chi connectivity index (χ4n) is 3.19. The van der Waals surface area contributed by atoms with E-state index in [9.17, 15) is 14.4 Å². The van der Waals surface area contributed by atoms with E-state index in [4.69, 9.17) is 4.74 Å². The number of anilines is 1. The van der Waals surface area contributed by atoms with Gasteiger partial charge in [0.15, 0.2) is 0 Å². The maximum absolute atomic E-state index is 12.8. The molecule has 1 aromatic carbocycles. The highest BCUT2D eigenvalue weighted by molar-refractivity contribution is 6.06. The van der Waals surface area contributed by atoms with Crippen LogP contribution >= 0.6 is 0 Å². The van der Waals surface area contributed by atoms with E-state index in [0.29, 0.717) is 43.2 Å². The Labute approximate surface area is 169 Å². The highest BCUT2D eigenvalue weighted by atomic mass is 16.5. The average molecular weight is 396 g/mol. The van der Waals surface area contributed by atoms with Gasteiger partial charge in [-0.15, -0.1) is 0 Å². The minimum Gasteiger partial charge on any atom is -0.495 e. The molecule has 0 unspecified atom stereocenters. The first-order valence-electron chi connectivity index (χ1n) is 9.36. The van der Waals surface area contributed by atoms with Gasteiger partial charge in [-0.3, -0.25) is 19.4 Å². The number of benzene rings is 1. The molecule has 3 amide bonds. The Morgan fingerprint density at radius 2 is 1.72 bits per heavy atom. The standard InChI is InChI=1S/C21H24N4O4/c1-14-4-5-19(29-3)17(12-14)23-20(27)16-6-7-22-18(13-16)21(28)25-10-8-24(9-11-25)15(2)26/h4-7,12-13H,8-11H2,1-3H3,(H,23,27). The number of rotatable bonds is 4. The number of methoxy groups -OCH3 is 1. The maximum atomic E-state index is 12.8. The highest BCUT2D eigenvalue weighted by Gasteiger charge is 2.24. The molecule has 152 valence electrons. The molecule has 29 heavy (non-hydrogen) atoms. The van der Waals surface area contributed by atoms with Crippen molar-refractivity contribution < 1.29 is 19.1 Å². The predicted molar refractivity (Wildman–Crippen MR) is 108 cm³/mol. The van der Waals surface area contributed by atoms with Crippen LogP contribution in [0.3, 0.4) is 0 Å². The van der Waals surface area contributed by atoms with E-state index in [1.165, 1.54) is 26.3 Å². The minimum absolute atomic E-state index is 0.000434. The van der Waals surface area contributed by atoms with Gasteiger partial charge in [0.05, 0.1) is 12.8 Å². The molecule has 0 aliphatic carbocycles. The van der Waals surface area contributed by atoms with E-state index >= 15 is 0 Å². The van der Waals surface area contributed by atoms with Crippen LogP contribution in [-0.2, 0) is 4.79 Å². The van der Waals surface area contributed by atoms with Gasteiger partial charge in [0.1, 0.15) is 11.4 Å². The smallest absolute Gasteiger partial charge is 0.272 e. The number of piperazine rings is 1. The third kappa shape index (κ3) is 4.71. The van der Waals surface area contributed by atoms with Crippen LogP contribution in [-0.4, -0.2) is 65.8 Å². The van der Waals surface area contributed by atoms with Crippen LogP contribution < -0.4 is 10.1 Å². The summed E-state index contributed by atoms with van der Waals surface area (Å²) in [5.74, 6) is -0.0548. The van der Waals surface area contributed by atoms with Crippen molar-refractivity contribution in [1.29, 1.82) is 0 Å². The molecule has 0 bridgehead atoms. The van der Waals surface area contributed by atoms with Gasteiger partial charge in [0.2, 0.25) is 5.91 Å². The molecule has 2 heterocycles. The number of carbonyl (C=O) groups is 3. The van der Waals surface area contributed by atoms with Crippen molar-refractivity contribution in [3.05, 3.63) is 53.3 Å². The monoisotopic (exact) mass is 396 g/mol. The van der Waals surface area contributed by atoms with Crippen molar-refractivity contribution in [2.24, 2.45) is 0 Å². The third-order valence-electron chi connectivity index (χ3n) is 4.86. The van der Waals surface area contributed by atoms with Gasteiger partial charge >= 0.3 is 0 Å². The van der Waals surface area contributed by atoms with Crippen LogP contribution in [0.2, 0.25) is 0 Å². The average Bonchev–Trinajstić information content (AvgIpc) is 2.73. The van der Waals surface area contributed by atoms with E-state index in [2.05, 4.69) is 10.3 Å². The lowest BCUT2D eigenvalue weighted by molar-refractivity contribution is -0.130. The van der Waals surface area contributed by atoms with Gasteiger partial charge in [-0.05, 0) is 36.8 Å². The second-order valence-corrected chi connectivity index (χ2v) is 6.89. The number of nitrogens with zero attached hydrogens (tertiary/aromatic N) is 3. The molecule has 8 nitrogen and oxygen atoms in total. The number of aryl methyl sites for hydroxylation is 1. The Hall–Kier alpha value is -3.42. The molecule has 2 aromatic rings. The Morgan fingerprint density at radius 1 is 1.03 bits per heavy atom. The first kappa shape index (κ1) is 20.3. The molecular formula is C21H24N4O4. The lowest BCUT2D eigenvalue weighted by atomic mass is 10.1. The summed E-state index contributed by atoms with van der Waals surface area (Å²) in [6.07, 6.45) is 1.45. The van der Waals surface area contributed by atoms with E-state index in [1.807, 2.05) is 19.1 Å². The Morgan fingerprint density at radius 3 is 2.38 bits per heavy atom. The van der Waals surface area contributed by atoms with Gasteiger partial charge in [0.25, 0.3) is 11.8 Å². The number of aromatic nitrogens is 1. The predicted octanol–water partition coefficient (Wildman–Crippen LogP) is 1.96. The van der Waals surface area contributed by atoms with Crippen LogP contribution in [0.1, 0.15) is 33.3 Å².